The molecule has 170 valence electrons. The summed E-state index contributed by atoms with van der Waals surface area (Å²) in [6.45, 7) is 4.67. The first kappa shape index (κ1) is 23.3. The summed E-state index contributed by atoms with van der Waals surface area (Å²) in [6, 6.07) is 6.07. The van der Waals surface area contributed by atoms with Crippen molar-refractivity contribution in [2.45, 2.75) is 45.6 Å². The molecule has 9 nitrogen and oxygen atoms in total. The number of hydrogen-bond acceptors (Lipinski definition) is 7. The smallest absolute Gasteiger partial charge is 0.412 e. The van der Waals surface area contributed by atoms with Gasteiger partial charge in [-0.15, -0.1) is 11.3 Å². The molecule has 0 fully saturated rings. The molecule has 0 bridgehead atoms. The highest BCUT2D eigenvalue weighted by Crippen LogP contribution is 2.38. The van der Waals surface area contributed by atoms with Crippen LogP contribution in [0.15, 0.2) is 24.3 Å². The number of ether oxygens (including phenoxy) is 2. The molecule has 2 aromatic rings. The van der Waals surface area contributed by atoms with E-state index in [0.29, 0.717) is 16.3 Å². The monoisotopic (exact) mass is 459 g/mol. The zero-order valence-corrected chi connectivity index (χ0v) is 18.9. The average molecular weight is 460 g/mol. The Morgan fingerprint density at radius 2 is 1.88 bits per heavy atom. The summed E-state index contributed by atoms with van der Waals surface area (Å²) < 4.78 is 10.2. The molecule has 0 spiro atoms. The van der Waals surface area contributed by atoms with Crippen LogP contribution in [0.4, 0.5) is 15.5 Å². The van der Waals surface area contributed by atoms with Gasteiger partial charge in [0.1, 0.15) is 10.6 Å². The topological polar surface area (TPSA) is 137 Å². The van der Waals surface area contributed by atoms with Gasteiger partial charge in [-0.05, 0) is 63.8 Å². The van der Waals surface area contributed by atoms with E-state index in [-0.39, 0.29) is 5.56 Å². The molecule has 4 N–H and O–H groups in total. The van der Waals surface area contributed by atoms with Gasteiger partial charge in [0.15, 0.2) is 6.61 Å². The lowest BCUT2D eigenvalue weighted by atomic mass is 10.1. The van der Waals surface area contributed by atoms with Crippen LogP contribution in [0.5, 0.6) is 0 Å². The summed E-state index contributed by atoms with van der Waals surface area (Å²) in [5.41, 5.74) is 6.54. The molecule has 0 atom stereocenters. The van der Waals surface area contributed by atoms with Gasteiger partial charge in [0, 0.05) is 10.6 Å². The Hall–Kier alpha value is -3.40. The van der Waals surface area contributed by atoms with E-state index in [2.05, 4.69) is 10.6 Å². The number of hydrogen-bond donors (Lipinski definition) is 3. The van der Waals surface area contributed by atoms with Crippen LogP contribution in [0.3, 0.4) is 0 Å². The maximum absolute atomic E-state index is 12.3. The van der Waals surface area contributed by atoms with Crippen LogP contribution in [0.1, 0.15) is 58.3 Å². The third kappa shape index (κ3) is 5.85. The lowest BCUT2D eigenvalue weighted by Crippen LogP contribution is -2.27. The van der Waals surface area contributed by atoms with Gasteiger partial charge in [0.2, 0.25) is 0 Å². The van der Waals surface area contributed by atoms with Gasteiger partial charge in [-0.2, -0.15) is 0 Å². The minimum Gasteiger partial charge on any atom is -0.452 e. The van der Waals surface area contributed by atoms with Crippen molar-refractivity contribution in [1.82, 2.24) is 0 Å². The van der Waals surface area contributed by atoms with Crippen molar-refractivity contribution in [3.63, 3.8) is 0 Å². The number of rotatable bonds is 6. The highest BCUT2D eigenvalue weighted by molar-refractivity contribution is 7.17. The van der Waals surface area contributed by atoms with E-state index < -0.39 is 36.1 Å². The van der Waals surface area contributed by atoms with E-state index in [1.54, 1.807) is 32.9 Å². The van der Waals surface area contributed by atoms with Gasteiger partial charge >= 0.3 is 12.1 Å². The van der Waals surface area contributed by atoms with E-state index >= 15 is 0 Å². The number of amides is 3. The van der Waals surface area contributed by atoms with Crippen molar-refractivity contribution >= 4 is 45.9 Å². The van der Waals surface area contributed by atoms with Crippen LogP contribution in [0.2, 0.25) is 0 Å². The Kier molecular flexibility index (Phi) is 6.83. The van der Waals surface area contributed by atoms with Crippen molar-refractivity contribution in [2.24, 2.45) is 5.73 Å². The van der Waals surface area contributed by atoms with Crippen LogP contribution in [0.25, 0.3) is 0 Å². The van der Waals surface area contributed by atoms with Gasteiger partial charge in [-0.3, -0.25) is 14.9 Å². The van der Waals surface area contributed by atoms with E-state index in [4.69, 9.17) is 15.2 Å². The number of benzene rings is 1. The molecule has 10 heteroatoms. The molecule has 1 aliphatic carbocycles. The van der Waals surface area contributed by atoms with Crippen LogP contribution in [0, 0.1) is 0 Å². The molecule has 32 heavy (non-hydrogen) atoms. The molecule has 3 rings (SSSR count). The highest BCUT2D eigenvalue weighted by atomic mass is 32.1. The van der Waals surface area contributed by atoms with Gasteiger partial charge < -0.3 is 20.5 Å². The van der Waals surface area contributed by atoms with Crippen molar-refractivity contribution in [2.75, 3.05) is 17.2 Å². The normalized spacial score (nSPS) is 12.6. The maximum atomic E-state index is 12.3. The Bertz CT molecular complexity index is 1070. The minimum absolute atomic E-state index is 0.152. The molecule has 0 unspecified atom stereocenters. The molecule has 1 heterocycles. The quantitative estimate of drug-likeness (QED) is 0.566. The highest BCUT2D eigenvalue weighted by Gasteiger charge is 2.26. The second-order valence-electron chi connectivity index (χ2n) is 8.26. The molecular formula is C22H25N3O6S. The third-order valence-corrected chi connectivity index (χ3v) is 5.71. The number of anilines is 2. The number of primary amides is 1. The first-order valence-corrected chi connectivity index (χ1v) is 10.9. The molecule has 0 radical (unpaired) electrons. The number of carbonyl (C=O) groups is 4. The SMILES string of the molecule is CC(C)(C)OC(=O)Nc1cccc(C(=O)OCC(=O)Nc2sc3c(c2C(N)=O)CCC3)c1. The number of carbonyl (C=O) groups excluding carboxylic acids is 4. The Morgan fingerprint density at radius 3 is 2.56 bits per heavy atom. The third-order valence-electron chi connectivity index (χ3n) is 4.50. The van der Waals surface area contributed by atoms with Crippen molar-refractivity contribution in [3.05, 3.63) is 45.8 Å². The van der Waals surface area contributed by atoms with Crippen molar-refractivity contribution in [3.8, 4) is 0 Å². The lowest BCUT2D eigenvalue weighted by Gasteiger charge is -2.19. The van der Waals surface area contributed by atoms with E-state index in [9.17, 15) is 19.2 Å². The number of thiophene rings is 1. The first-order chi connectivity index (χ1) is 15.0. The second kappa shape index (κ2) is 9.39. The summed E-state index contributed by atoms with van der Waals surface area (Å²) >= 11 is 1.32. The van der Waals surface area contributed by atoms with Crippen molar-refractivity contribution < 1.29 is 28.7 Å². The fourth-order valence-corrected chi connectivity index (χ4v) is 4.59. The van der Waals surface area contributed by atoms with Crippen molar-refractivity contribution in [1.29, 1.82) is 0 Å². The summed E-state index contributed by atoms with van der Waals surface area (Å²) in [7, 11) is 0. The molecule has 3 amide bonds. The number of nitrogens with two attached hydrogens (primary N) is 1. The fraction of sp³-hybridized carbons (Fsp3) is 0.364. The molecule has 0 saturated carbocycles. The standard InChI is InChI=1S/C22H25N3O6S/c1-22(2,3)31-21(29)24-13-7-4-6-12(10-13)20(28)30-11-16(26)25-19-17(18(23)27)14-8-5-9-15(14)32-19/h4,6-7,10H,5,8-9,11H2,1-3H3,(H2,23,27)(H,24,29)(H,25,26). The van der Waals surface area contributed by atoms with Gasteiger partial charge in [0.25, 0.3) is 11.8 Å². The molecule has 1 aliphatic rings. The first-order valence-electron chi connectivity index (χ1n) is 10.0. The fourth-order valence-electron chi connectivity index (χ4n) is 3.28. The number of fused-ring (bicyclic) bond motifs is 1. The molecular weight excluding hydrogens is 434 g/mol. The summed E-state index contributed by atoms with van der Waals surface area (Å²) in [5, 5.41) is 5.53. The molecule has 0 saturated heterocycles. The largest absolute Gasteiger partial charge is 0.452 e. The minimum atomic E-state index is -0.739. The number of esters is 1. The Morgan fingerprint density at radius 1 is 1.12 bits per heavy atom. The predicted molar refractivity (Wildman–Crippen MR) is 120 cm³/mol. The van der Waals surface area contributed by atoms with Gasteiger partial charge in [0.05, 0.1) is 11.1 Å². The number of nitrogens with one attached hydrogen (secondary N) is 2. The Balaban J connectivity index is 1.58. The van der Waals surface area contributed by atoms with Crippen LogP contribution < -0.4 is 16.4 Å². The molecule has 1 aromatic heterocycles. The molecule has 1 aromatic carbocycles. The maximum Gasteiger partial charge on any atom is 0.412 e. The van der Waals surface area contributed by atoms with E-state index in [0.717, 1.165) is 29.7 Å². The Labute approximate surface area is 189 Å². The van der Waals surface area contributed by atoms with Gasteiger partial charge in [-0.1, -0.05) is 6.07 Å². The van der Waals surface area contributed by atoms with Crippen LogP contribution in [-0.4, -0.2) is 36.1 Å². The lowest BCUT2D eigenvalue weighted by molar-refractivity contribution is -0.119. The van der Waals surface area contributed by atoms with Crippen LogP contribution >= 0.6 is 11.3 Å². The predicted octanol–water partition coefficient (Wildman–Crippen LogP) is 3.48. The van der Waals surface area contributed by atoms with E-state index in [1.165, 1.54) is 23.5 Å². The summed E-state index contributed by atoms with van der Waals surface area (Å²) in [4.78, 5) is 49.4. The number of aryl methyl sites for hydroxylation is 1. The van der Waals surface area contributed by atoms with E-state index in [1.807, 2.05) is 0 Å². The van der Waals surface area contributed by atoms with Crippen LogP contribution in [-0.2, 0) is 27.1 Å². The zero-order valence-electron chi connectivity index (χ0n) is 18.1. The zero-order chi connectivity index (χ0) is 23.5. The molecule has 0 aliphatic heterocycles. The summed E-state index contributed by atoms with van der Waals surface area (Å²) in [5.74, 6) is -1.91. The summed E-state index contributed by atoms with van der Waals surface area (Å²) in [6.07, 6.45) is 1.90. The average Bonchev–Trinajstić information content (AvgIpc) is 3.25. The van der Waals surface area contributed by atoms with Gasteiger partial charge in [-0.25, -0.2) is 9.59 Å². The second-order valence-corrected chi connectivity index (χ2v) is 9.36.